The number of hydrogen-bond acceptors (Lipinski definition) is 8. The van der Waals surface area contributed by atoms with Gasteiger partial charge in [-0.2, -0.15) is 5.10 Å². The Balaban J connectivity index is 0.00000280. The molecule has 11 heteroatoms. The van der Waals surface area contributed by atoms with E-state index < -0.39 is 0 Å². The van der Waals surface area contributed by atoms with E-state index in [1.54, 1.807) is 16.8 Å². The van der Waals surface area contributed by atoms with Gasteiger partial charge < -0.3 is 20.3 Å². The van der Waals surface area contributed by atoms with E-state index in [9.17, 15) is 0 Å². The Morgan fingerprint density at radius 1 is 1.08 bits per heavy atom. The summed E-state index contributed by atoms with van der Waals surface area (Å²) in [5.41, 5.74) is 3.51. The van der Waals surface area contributed by atoms with Crippen LogP contribution < -0.4 is 20.3 Å². The van der Waals surface area contributed by atoms with E-state index in [4.69, 9.17) is 4.74 Å². The zero-order valence-electron chi connectivity index (χ0n) is 20.3. The van der Waals surface area contributed by atoms with Crippen LogP contribution in [-0.4, -0.2) is 50.2 Å². The van der Waals surface area contributed by atoms with E-state index in [-0.39, 0.29) is 18.2 Å². The van der Waals surface area contributed by atoms with Gasteiger partial charge in [-0.3, -0.25) is 0 Å². The lowest BCUT2D eigenvalue weighted by atomic mass is 10.1. The first kappa shape index (κ1) is 24.7. The molecule has 190 valence electrons. The molecule has 1 unspecified atom stereocenters. The van der Waals surface area contributed by atoms with Crippen molar-refractivity contribution in [3.63, 3.8) is 0 Å². The fraction of sp³-hybridized carbons (Fsp3) is 0.231. The number of halogens is 2. The molecule has 4 heterocycles. The molecule has 0 bridgehead atoms. The van der Waals surface area contributed by atoms with Crippen LogP contribution in [0.25, 0.3) is 16.6 Å². The highest BCUT2D eigenvalue weighted by molar-refractivity contribution is 5.94. The van der Waals surface area contributed by atoms with E-state index in [1.807, 2.05) is 43.3 Å². The van der Waals surface area contributed by atoms with Crippen LogP contribution in [0.5, 0.6) is 11.5 Å². The van der Waals surface area contributed by atoms with Gasteiger partial charge in [-0.05, 0) is 55.8 Å². The maximum absolute atomic E-state index is 15.8. The molecule has 1 atom stereocenters. The number of aryl methyl sites for hydroxylation is 1. The van der Waals surface area contributed by atoms with Gasteiger partial charge in [0.25, 0.3) is 0 Å². The highest BCUT2D eigenvalue weighted by atomic mass is 35.5. The van der Waals surface area contributed by atoms with Crippen LogP contribution in [0.15, 0.2) is 61.3 Å². The van der Waals surface area contributed by atoms with Crippen molar-refractivity contribution < 1.29 is 9.13 Å². The van der Waals surface area contributed by atoms with Crippen molar-refractivity contribution in [2.45, 2.75) is 19.9 Å². The summed E-state index contributed by atoms with van der Waals surface area (Å²) in [5, 5.41) is 11.1. The number of fused-ring (bicyclic) bond motifs is 2. The fourth-order valence-corrected chi connectivity index (χ4v) is 4.56. The molecule has 1 fully saturated rings. The molecule has 0 spiro atoms. The van der Waals surface area contributed by atoms with Gasteiger partial charge in [0.05, 0.1) is 16.6 Å². The van der Waals surface area contributed by atoms with E-state index in [0.717, 1.165) is 30.9 Å². The van der Waals surface area contributed by atoms with Crippen molar-refractivity contribution in [3.05, 3.63) is 72.7 Å². The highest BCUT2D eigenvalue weighted by Gasteiger charge is 2.22. The number of aromatic nitrogens is 5. The van der Waals surface area contributed by atoms with Crippen molar-refractivity contribution in [2.75, 3.05) is 29.9 Å². The lowest BCUT2D eigenvalue weighted by Gasteiger charge is -2.34. The zero-order valence-corrected chi connectivity index (χ0v) is 21.2. The monoisotopic (exact) mass is 520 g/mol. The largest absolute Gasteiger partial charge is 0.457 e. The van der Waals surface area contributed by atoms with Crippen LogP contribution in [0.2, 0.25) is 0 Å². The van der Waals surface area contributed by atoms with Crippen molar-refractivity contribution >= 4 is 46.1 Å². The van der Waals surface area contributed by atoms with Crippen LogP contribution in [0.3, 0.4) is 0 Å². The van der Waals surface area contributed by atoms with Crippen molar-refractivity contribution in [3.8, 4) is 11.5 Å². The third kappa shape index (κ3) is 4.85. The first-order valence-corrected chi connectivity index (χ1v) is 11.8. The van der Waals surface area contributed by atoms with Crippen LogP contribution in [-0.2, 0) is 0 Å². The predicted molar refractivity (Wildman–Crippen MR) is 144 cm³/mol. The Morgan fingerprint density at radius 3 is 2.81 bits per heavy atom. The van der Waals surface area contributed by atoms with Crippen LogP contribution in [0, 0.1) is 12.7 Å². The molecule has 1 aliphatic heterocycles. The minimum atomic E-state index is -0.315. The summed E-state index contributed by atoms with van der Waals surface area (Å²) in [6.45, 7) is 6.36. The Morgan fingerprint density at radius 2 is 1.97 bits per heavy atom. The SMILES string of the molecule is Cc1cc(Nc2ncnc3ccc(N4CCNC(C)C4)c(F)c23)ccc1Oc1ccn2ncnc2c1.Cl. The van der Waals surface area contributed by atoms with Crippen molar-refractivity contribution in [1.29, 1.82) is 0 Å². The van der Waals surface area contributed by atoms with E-state index >= 15 is 4.39 Å². The molecule has 1 saturated heterocycles. The third-order valence-electron chi connectivity index (χ3n) is 6.35. The van der Waals surface area contributed by atoms with Crippen molar-refractivity contribution in [2.24, 2.45) is 0 Å². The highest BCUT2D eigenvalue weighted by Crippen LogP contribution is 2.34. The molecule has 6 rings (SSSR count). The smallest absolute Gasteiger partial charge is 0.159 e. The van der Waals surface area contributed by atoms with Crippen LogP contribution in [0.1, 0.15) is 12.5 Å². The van der Waals surface area contributed by atoms with E-state index in [2.05, 4.69) is 42.5 Å². The number of anilines is 3. The number of nitrogens with zero attached hydrogens (tertiary/aromatic N) is 6. The number of nitrogens with one attached hydrogen (secondary N) is 2. The van der Waals surface area contributed by atoms with Gasteiger partial charge in [0.15, 0.2) is 11.5 Å². The summed E-state index contributed by atoms with van der Waals surface area (Å²) in [6.07, 6.45) is 4.74. The maximum Gasteiger partial charge on any atom is 0.159 e. The summed E-state index contributed by atoms with van der Waals surface area (Å²) in [4.78, 5) is 14.9. The molecule has 0 aliphatic carbocycles. The molecule has 3 aromatic heterocycles. The minimum absolute atomic E-state index is 0. The second kappa shape index (κ2) is 10.2. The van der Waals surface area contributed by atoms with Crippen LogP contribution in [0.4, 0.5) is 21.6 Å². The molecule has 0 saturated carbocycles. The molecule has 2 aromatic carbocycles. The summed E-state index contributed by atoms with van der Waals surface area (Å²) >= 11 is 0. The summed E-state index contributed by atoms with van der Waals surface area (Å²) in [5.74, 6) is 1.48. The van der Waals surface area contributed by atoms with E-state index in [0.29, 0.717) is 45.6 Å². The fourth-order valence-electron chi connectivity index (χ4n) is 4.56. The number of ether oxygens (including phenoxy) is 1. The first-order chi connectivity index (χ1) is 17.5. The Hall–Kier alpha value is -4.02. The molecule has 37 heavy (non-hydrogen) atoms. The van der Waals surface area contributed by atoms with Gasteiger partial charge in [0, 0.05) is 43.6 Å². The summed E-state index contributed by atoms with van der Waals surface area (Å²) in [7, 11) is 0. The first-order valence-electron chi connectivity index (χ1n) is 11.8. The Labute approximate surface area is 219 Å². The van der Waals surface area contributed by atoms with Gasteiger partial charge >= 0.3 is 0 Å². The number of benzene rings is 2. The average molecular weight is 521 g/mol. The number of pyridine rings is 1. The summed E-state index contributed by atoms with van der Waals surface area (Å²) in [6, 6.07) is 13.3. The van der Waals surface area contributed by atoms with Gasteiger partial charge in [-0.25, -0.2) is 23.9 Å². The molecule has 1 aliphatic rings. The summed E-state index contributed by atoms with van der Waals surface area (Å²) < 4.78 is 23.5. The quantitative estimate of drug-likeness (QED) is 0.339. The van der Waals surface area contributed by atoms with Gasteiger partial charge in [-0.1, -0.05) is 0 Å². The van der Waals surface area contributed by atoms with E-state index in [1.165, 1.54) is 12.7 Å². The van der Waals surface area contributed by atoms with Crippen LogP contribution >= 0.6 is 12.4 Å². The number of rotatable bonds is 5. The number of hydrogen-bond donors (Lipinski definition) is 2. The second-order valence-corrected chi connectivity index (χ2v) is 8.95. The molecule has 0 amide bonds. The van der Waals surface area contributed by atoms with Crippen molar-refractivity contribution in [1.82, 2.24) is 29.9 Å². The van der Waals surface area contributed by atoms with Gasteiger partial charge in [0.2, 0.25) is 0 Å². The average Bonchev–Trinajstić information content (AvgIpc) is 3.34. The van der Waals surface area contributed by atoms with Gasteiger partial charge in [0.1, 0.15) is 30.0 Å². The lowest BCUT2D eigenvalue weighted by Crippen LogP contribution is -2.49. The maximum atomic E-state index is 15.8. The third-order valence-corrected chi connectivity index (χ3v) is 6.35. The van der Waals surface area contributed by atoms with Gasteiger partial charge in [-0.15, -0.1) is 12.4 Å². The number of piperazine rings is 1. The molecule has 5 aromatic rings. The Bertz CT molecular complexity index is 1580. The zero-order chi connectivity index (χ0) is 24.6. The second-order valence-electron chi connectivity index (χ2n) is 8.95. The minimum Gasteiger partial charge on any atom is -0.457 e. The lowest BCUT2D eigenvalue weighted by molar-refractivity contribution is 0.478. The molecular formula is C26H26ClFN8O. The Kier molecular flexibility index (Phi) is 6.77. The molecule has 2 N–H and O–H groups in total. The molecule has 9 nitrogen and oxygen atoms in total. The topological polar surface area (TPSA) is 92.5 Å². The normalized spacial score (nSPS) is 15.5. The standard InChI is InChI=1S/C26H25FN8O.ClH/c1-16-11-18(3-6-22(16)36-19-7-9-35-23(12-19)30-15-32-35)33-26-24-20(29-14-31-26)4-5-21(25(24)27)34-10-8-28-17(2)13-34;/h3-7,9,11-12,14-15,17,28H,8,10,13H2,1-2H3,(H,29,31,33);1H. The molecular weight excluding hydrogens is 495 g/mol. The molecule has 0 radical (unpaired) electrons. The predicted octanol–water partition coefficient (Wildman–Crippen LogP) is 4.88.